The zero-order valence-corrected chi connectivity index (χ0v) is 12.5. The molecule has 0 heterocycles. The summed E-state index contributed by atoms with van der Waals surface area (Å²) in [4.78, 5) is 16.8. The Morgan fingerprint density at radius 2 is 1.68 bits per heavy atom. The third kappa shape index (κ3) is 3.64. The van der Waals surface area contributed by atoms with E-state index < -0.39 is 5.97 Å². The summed E-state index contributed by atoms with van der Waals surface area (Å²) in [6, 6.07) is 16.8. The lowest BCUT2D eigenvalue weighted by Gasteiger charge is -2.02. The molecule has 96 valence electrons. The molecule has 0 bridgehead atoms. The summed E-state index contributed by atoms with van der Waals surface area (Å²) in [5.41, 5.74) is 2.12. The highest BCUT2D eigenvalue weighted by Gasteiger charge is 2.10. The predicted octanol–water partition coefficient (Wildman–Crippen LogP) is 3.87. The molecule has 0 saturated carbocycles. The molecule has 3 nitrogen and oxygen atoms in total. The van der Waals surface area contributed by atoms with E-state index in [1.165, 1.54) is 0 Å². The first-order chi connectivity index (χ1) is 9.18. The van der Waals surface area contributed by atoms with Crippen LogP contribution >= 0.6 is 22.6 Å². The monoisotopic (exact) mass is 365 g/mol. The van der Waals surface area contributed by atoms with Gasteiger partial charge in [-0.1, -0.05) is 47.6 Å². The fourth-order valence-corrected chi connectivity index (χ4v) is 2.13. The second kappa shape index (κ2) is 6.47. The molecular formula is C15H12INO2. The first kappa shape index (κ1) is 13.7. The molecule has 0 aliphatic heterocycles. The Bertz CT molecular complexity index is 609. The lowest BCUT2D eigenvalue weighted by molar-refractivity contribution is 0.0515. The summed E-state index contributed by atoms with van der Waals surface area (Å²) in [5.74, 6) is -0.444. The molecule has 2 aromatic carbocycles. The SMILES string of the molecule is C/C(=N\OC(=O)c1ccccc1I)c1ccccc1. The van der Waals surface area contributed by atoms with Crippen LogP contribution in [0.1, 0.15) is 22.8 Å². The minimum atomic E-state index is -0.444. The third-order valence-corrected chi connectivity index (χ3v) is 3.49. The van der Waals surface area contributed by atoms with Crippen LogP contribution in [-0.2, 0) is 4.84 Å². The predicted molar refractivity (Wildman–Crippen MR) is 83.2 cm³/mol. The standard InChI is InChI=1S/C15H12INO2/c1-11(12-7-3-2-4-8-12)17-19-15(18)13-9-5-6-10-14(13)16/h2-10H,1H3/b17-11+. The molecule has 0 aromatic heterocycles. The number of hydrogen-bond donors (Lipinski definition) is 0. The largest absolute Gasteiger partial charge is 0.366 e. The van der Waals surface area contributed by atoms with Crippen LogP contribution in [0.5, 0.6) is 0 Å². The Labute approximate surface area is 125 Å². The quantitative estimate of drug-likeness (QED) is 0.359. The molecule has 0 radical (unpaired) electrons. The van der Waals surface area contributed by atoms with Gasteiger partial charge in [0.05, 0.1) is 11.3 Å². The van der Waals surface area contributed by atoms with Crippen molar-refractivity contribution in [2.45, 2.75) is 6.92 Å². The van der Waals surface area contributed by atoms with E-state index in [1.807, 2.05) is 42.5 Å². The molecule has 2 rings (SSSR count). The van der Waals surface area contributed by atoms with E-state index in [9.17, 15) is 4.79 Å². The van der Waals surface area contributed by atoms with Crippen molar-refractivity contribution in [2.24, 2.45) is 5.16 Å². The maximum Gasteiger partial charge on any atom is 0.366 e. The second-order valence-corrected chi connectivity index (χ2v) is 5.06. The summed E-state index contributed by atoms with van der Waals surface area (Å²) < 4.78 is 0.845. The van der Waals surface area contributed by atoms with E-state index in [0.717, 1.165) is 9.13 Å². The van der Waals surface area contributed by atoms with Gasteiger partial charge in [0.1, 0.15) is 0 Å². The van der Waals surface area contributed by atoms with Gasteiger partial charge in [-0.3, -0.25) is 0 Å². The Morgan fingerprint density at radius 1 is 1.05 bits per heavy atom. The molecular weight excluding hydrogens is 353 g/mol. The number of carbonyl (C=O) groups excluding carboxylic acids is 1. The second-order valence-electron chi connectivity index (χ2n) is 3.90. The summed E-state index contributed by atoms with van der Waals surface area (Å²) in [5, 5.41) is 3.88. The van der Waals surface area contributed by atoms with E-state index in [4.69, 9.17) is 4.84 Å². The van der Waals surface area contributed by atoms with Gasteiger partial charge in [0, 0.05) is 3.57 Å². The highest BCUT2D eigenvalue weighted by Crippen LogP contribution is 2.13. The van der Waals surface area contributed by atoms with Crippen LogP contribution < -0.4 is 0 Å². The van der Waals surface area contributed by atoms with Gasteiger partial charge in [-0.25, -0.2) is 4.79 Å². The van der Waals surface area contributed by atoms with Crippen LogP contribution in [0.15, 0.2) is 59.8 Å². The molecule has 0 atom stereocenters. The Hall–Kier alpha value is -1.69. The van der Waals surface area contributed by atoms with Gasteiger partial charge in [0.15, 0.2) is 0 Å². The highest BCUT2D eigenvalue weighted by atomic mass is 127. The molecule has 4 heteroatoms. The zero-order valence-electron chi connectivity index (χ0n) is 10.3. The van der Waals surface area contributed by atoms with Crippen molar-refractivity contribution < 1.29 is 9.63 Å². The maximum absolute atomic E-state index is 11.9. The summed E-state index contributed by atoms with van der Waals surface area (Å²) >= 11 is 2.09. The molecule has 0 amide bonds. The van der Waals surface area contributed by atoms with Crippen molar-refractivity contribution in [1.29, 1.82) is 0 Å². The molecule has 2 aromatic rings. The molecule has 0 N–H and O–H groups in total. The topological polar surface area (TPSA) is 38.7 Å². The van der Waals surface area contributed by atoms with Gasteiger partial charge in [-0.2, -0.15) is 0 Å². The van der Waals surface area contributed by atoms with Crippen molar-refractivity contribution >= 4 is 34.3 Å². The van der Waals surface area contributed by atoms with E-state index in [2.05, 4.69) is 27.7 Å². The van der Waals surface area contributed by atoms with Crippen molar-refractivity contribution in [3.05, 3.63) is 69.3 Å². The molecule has 0 fully saturated rings. The van der Waals surface area contributed by atoms with Gasteiger partial charge < -0.3 is 4.84 Å². The number of carbonyl (C=O) groups is 1. The Kier molecular flexibility index (Phi) is 4.68. The van der Waals surface area contributed by atoms with E-state index >= 15 is 0 Å². The molecule has 0 saturated heterocycles. The van der Waals surface area contributed by atoms with E-state index in [0.29, 0.717) is 11.3 Å². The van der Waals surface area contributed by atoms with Crippen LogP contribution in [0, 0.1) is 3.57 Å². The van der Waals surface area contributed by atoms with Crippen molar-refractivity contribution in [3.8, 4) is 0 Å². The summed E-state index contributed by atoms with van der Waals surface area (Å²) in [6.07, 6.45) is 0. The van der Waals surface area contributed by atoms with Crippen LogP contribution in [0.25, 0.3) is 0 Å². The molecule has 19 heavy (non-hydrogen) atoms. The van der Waals surface area contributed by atoms with E-state index in [1.54, 1.807) is 19.1 Å². The summed E-state index contributed by atoms with van der Waals surface area (Å²) in [6.45, 7) is 1.80. The highest BCUT2D eigenvalue weighted by molar-refractivity contribution is 14.1. The zero-order chi connectivity index (χ0) is 13.7. The van der Waals surface area contributed by atoms with Crippen LogP contribution in [0.4, 0.5) is 0 Å². The average Bonchev–Trinajstić information content (AvgIpc) is 2.46. The van der Waals surface area contributed by atoms with Gasteiger partial charge in [0.25, 0.3) is 0 Å². The summed E-state index contributed by atoms with van der Waals surface area (Å²) in [7, 11) is 0. The number of rotatable bonds is 3. The van der Waals surface area contributed by atoms with Crippen LogP contribution in [0.2, 0.25) is 0 Å². The number of benzene rings is 2. The van der Waals surface area contributed by atoms with Crippen LogP contribution in [0.3, 0.4) is 0 Å². The van der Waals surface area contributed by atoms with Gasteiger partial charge in [0.2, 0.25) is 0 Å². The smallest absolute Gasteiger partial charge is 0.312 e. The fraction of sp³-hybridized carbons (Fsp3) is 0.0667. The fourth-order valence-electron chi connectivity index (χ4n) is 1.52. The molecule has 0 aliphatic carbocycles. The normalized spacial score (nSPS) is 11.2. The number of nitrogens with zero attached hydrogens (tertiary/aromatic N) is 1. The molecule has 0 aliphatic rings. The lowest BCUT2D eigenvalue weighted by atomic mass is 10.1. The number of oxime groups is 1. The first-order valence-electron chi connectivity index (χ1n) is 5.74. The molecule has 0 unspecified atom stereocenters. The number of hydrogen-bond acceptors (Lipinski definition) is 3. The minimum absolute atomic E-state index is 0.444. The van der Waals surface area contributed by atoms with Crippen LogP contribution in [-0.4, -0.2) is 11.7 Å². The Morgan fingerprint density at radius 3 is 2.37 bits per heavy atom. The minimum Gasteiger partial charge on any atom is -0.312 e. The van der Waals surface area contributed by atoms with Gasteiger partial charge >= 0.3 is 5.97 Å². The lowest BCUT2D eigenvalue weighted by Crippen LogP contribution is -2.05. The first-order valence-corrected chi connectivity index (χ1v) is 6.82. The number of halogens is 1. The van der Waals surface area contributed by atoms with E-state index in [-0.39, 0.29) is 0 Å². The Balaban J connectivity index is 2.11. The molecule has 0 spiro atoms. The van der Waals surface area contributed by atoms with Gasteiger partial charge in [-0.15, -0.1) is 0 Å². The maximum atomic E-state index is 11.9. The van der Waals surface area contributed by atoms with Crippen molar-refractivity contribution in [3.63, 3.8) is 0 Å². The third-order valence-electron chi connectivity index (χ3n) is 2.55. The average molecular weight is 365 g/mol. The van der Waals surface area contributed by atoms with Gasteiger partial charge in [-0.05, 0) is 47.2 Å². The van der Waals surface area contributed by atoms with Crippen molar-refractivity contribution in [1.82, 2.24) is 0 Å². The van der Waals surface area contributed by atoms with Crippen molar-refractivity contribution in [2.75, 3.05) is 0 Å².